The zero-order chi connectivity index (χ0) is 22.7. The third-order valence-corrected chi connectivity index (χ3v) is 6.05. The van der Waals surface area contributed by atoms with Crippen LogP contribution in [0.4, 0.5) is 4.79 Å². The van der Waals surface area contributed by atoms with Crippen LogP contribution in [0.3, 0.4) is 0 Å². The first-order valence-electron chi connectivity index (χ1n) is 9.82. The molecule has 2 aromatic carbocycles. The summed E-state index contributed by atoms with van der Waals surface area (Å²) < 4.78 is 11.2. The number of hydrogen-bond donors (Lipinski definition) is 1. The number of esters is 1. The summed E-state index contributed by atoms with van der Waals surface area (Å²) in [7, 11) is 1.57. The lowest BCUT2D eigenvalue weighted by atomic mass is 9.94. The minimum Gasteiger partial charge on any atom is -0.487 e. The summed E-state index contributed by atoms with van der Waals surface area (Å²) in [5.41, 5.74) is 3.36. The van der Waals surface area contributed by atoms with Gasteiger partial charge in [0.15, 0.2) is 0 Å². The van der Waals surface area contributed by atoms with E-state index < -0.39 is 18.0 Å². The van der Waals surface area contributed by atoms with Gasteiger partial charge >= 0.3 is 12.0 Å². The highest BCUT2D eigenvalue weighted by Gasteiger charge is 2.38. The van der Waals surface area contributed by atoms with E-state index in [2.05, 4.69) is 5.32 Å². The van der Waals surface area contributed by atoms with E-state index in [0.29, 0.717) is 22.0 Å². The summed E-state index contributed by atoms with van der Waals surface area (Å²) in [5.74, 6) is 0.0737. The summed E-state index contributed by atoms with van der Waals surface area (Å²) in [6.07, 6.45) is 0. The van der Waals surface area contributed by atoms with E-state index in [1.165, 1.54) is 4.90 Å². The minimum atomic E-state index is -0.827. The summed E-state index contributed by atoms with van der Waals surface area (Å²) in [6, 6.07) is 9.56. The van der Waals surface area contributed by atoms with Crippen LogP contribution in [-0.2, 0) is 9.53 Å². The highest BCUT2D eigenvalue weighted by molar-refractivity contribution is 6.42. The van der Waals surface area contributed by atoms with Gasteiger partial charge in [-0.2, -0.15) is 0 Å². The van der Waals surface area contributed by atoms with Crippen LogP contribution in [0.15, 0.2) is 47.7 Å². The Morgan fingerprint density at radius 2 is 1.90 bits per heavy atom. The summed E-state index contributed by atoms with van der Waals surface area (Å²) in [5, 5.41) is 3.40. The Bertz CT molecular complexity index is 1050. The van der Waals surface area contributed by atoms with Gasteiger partial charge in [-0.3, -0.25) is 4.90 Å². The van der Waals surface area contributed by atoms with Gasteiger partial charge in [-0.05, 0) is 55.7 Å². The van der Waals surface area contributed by atoms with Gasteiger partial charge in [-0.1, -0.05) is 41.4 Å². The fourth-order valence-electron chi connectivity index (χ4n) is 3.31. The third kappa shape index (κ3) is 4.81. The smallest absolute Gasteiger partial charge is 0.338 e. The average Bonchev–Trinajstić information content (AvgIpc) is 2.73. The number of likely N-dealkylation sites (N-methyl/N-ethyl adjacent to an activating group) is 1. The van der Waals surface area contributed by atoms with E-state index >= 15 is 0 Å². The number of ether oxygens (including phenoxy) is 2. The molecule has 3 rings (SSSR count). The predicted octanol–water partition coefficient (Wildman–Crippen LogP) is 5.20. The van der Waals surface area contributed by atoms with Crippen LogP contribution < -0.4 is 10.1 Å². The number of carbonyl (C=O) groups is 2. The van der Waals surface area contributed by atoms with Crippen molar-refractivity contribution < 1.29 is 19.1 Å². The van der Waals surface area contributed by atoms with E-state index in [-0.39, 0.29) is 23.8 Å². The first-order chi connectivity index (χ1) is 14.7. The number of carbonyl (C=O) groups excluding carboxylic acids is 2. The van der Waals surface area contributed by atoms with Crippen molar-refractivity contribution in [1.29, 1.82) is 0 Å². The molecular weight excluding hydrogens is 439 g/mol. The molecule has 0 radical (unpaired) electrons. The number of nitrogens with zero attached hydrogens (tertiary/aromatic N) is 1. The zero-order valence-corrected chi connectivity index (χ0v) is 19.3. The molecule has 1 aliphatic rings. The normalized spacial score (nSPS) is 16.3. The predicted molar refractivity (Wildman–Crippen MR) is 121 cm³/mol. The Balaban J connectivity index is 2.07. The number of hydrogen-bond acceptors (Lipinski definition) is 4. The SMILES string of the molecule is CCOC(=O)C1=C(COc2ccc(C)c(C)c2)N(C)C(=O)NC1c1cccc(Cl)c1Cl. The molecular formula is C23H24Cl2N2O4. The molecule has 0 spiro atoms. The second kappa shape index (κ2) is 9.62. The monoisotopic (exact) mass is 462 g/mol. The Labute approximate surface area is 191 Å². The van der Waals surface area contributed by atoms with Crippen LogP contribution in [0.5, 0.6) is 5.75 Å². The molecule has 31 heavy (non-hydrogen) atoms. The van der Waals surface area contributed by atoms with Gasteiger partial charge < -0.3 is 14.8 Å². The van der Waals surface area contributed by atoms with E-state index in [9.17, 15) is 9.59 Å². The Hall–Kier alpha value is -2.70. The Morgan fingerprint density at radius 1 is 1.16 bits per heavy atom. The summed E-state index contributed by atoms with van der Waals surface area (Å²) in [4.78, 5) is 27.0. The van der Waals surface area contributed by atoms with E-state index in [0.717, 1.165) is 11.1 Å². The first-order valence-corrected chi connectivity index (χ1v) is 10.6. The maximum Gasteiger partial charge on any atom is 0.338 e. The lowest BCUT2D eigenvalue weighted by molar-refractivity contribution is -0.139. The fraction of sp³-hybridized carbons (Fsp3) is 0.304. The van der Waals surface area contributed by atoms with Crippen LogP contribution in [0.2, 0.25) is 10.0 Å². The van der Waals surface area contributed by atoms with Crippen LogP contribution in [0, 0.1) is 13.8 Å². The van der Waals surface area contributed by atoms with Gasteiger partial charge in [0.1, 0.15) is 12.4 Å². The van der Waals surface area contributed by atoms with Gasteiger partial charge in [0.05, 0.1) is 34.0 Å². The number of halogens is 2. The molecule has 0 saturated heterocycles. The van der Waals surface area contributed by atoms with Crippen molar-refractivity contribution in [2.75, 3.05) is 20.3 Å². The summed E-state index contributed by atoms with van der Waals surface area (Å²) in [6.45, 7) is 5.90. The fourth-order valence-corrected chi connectivity index (χ4v) is 3.73. The standard InChI is InChI=1S/C23H24Cl2N2O4/c1-5-30-22(28)19-18(12-31-15-10-9-13(2)14(3)11-15)27(4)23(29)26-21(19)16-7-6-8-17(24)20(16)25/h6-11,21H,5,12H2,1-4H3,(H,26,29). The van der Waals surface area contributed by atoms with Crippen molar-refractivity contribution in [2.45, 2.75) is 26.8 Å². The van der Waals surface area contributed by atoms with Gasteiger partial charge in [-0.15, -0.1) is 0 Å². The highest BCUT2D eigenvalue weighted by atomic mass is 35.5. The molecule has 164 valence electrons. The number of benzene rings is 2. The first kappa shape index (κ1) is 23.0. The van der Waals surface area contributed by atoms with Crippen LogP contribution >= 0.6 is 23.2 Å². The van der Waals surface area contributed by atoms with Crippen LogP contribution in [0.25, 0.3) is 0 Å². The van der Waals surface area contributed by atoms with Gasteiger partial charge in [0.25, 0.3) is 0 Å². The largest absolute Gasteiger partial charge is 0.487 e. The zero-order valence-electron chi connectivity index (χ0n) is 17.8. The van der Waals surface area contributed by atoms with E-state index in [1.807, 2.05) is 32.0 Å². The number of amides is 2. The van der Waals surface area contributed by atoms with Crippen molar-refractivity contribution in [3.63, 3.8) is 0 Å². The molecule has 1 unspecified atom stereocenters. The second-order valence-corrected chi connectivity index (χ2v) is 7.99. The van der Waals surface area contributed by atoms with Gasteiger partial charge in [0, 0.05) is 7.05 Å². The van der Waals surface area contributed by atoms with Gasteiger partial charge in [0.2, 0.25) is 0 Å². The molecule has 0 fully saturated rings. The maximum atomic E-state index is 13.0. The molecule has 0 saturated carbocycles. The van der Waals surface area contributed by atoms with Crippen molar-refractivity contribution in [3.05, 3.63) is 74.4 Å². The number of aryl methyl sites for hydroxylation is 2. The third-order valence-electron chi connectivity index (χ3n) is 5.22. The molecule has 2 amide bonds. The molecule has 0 aromatic heterocycles. The van der Waals surface area contributed by atoms with E-state index in [1.54, 1.807) is 32.2 Å². The number of urea groups is 1. The van der Waals surface area contributed by atoms with Crippen molar-refractivity contribution in [1.82, 2.24) is 10.2 Å². The van der Waals surface area contributed by atoms with Crippen molar-refractivity contribution in [3.8, 4) is 5.75 Å². The number of nitrogens with one attached hydrogen (secondary N) is 1. The van der Waals surface area contributed by atoms with E-state index in [4.69, 9.17) is 32.7 Å². The average molecular weight is 463 g/mol. The molecule has 1 atom stereocenters. The highest BCUT2D eigenvalue weighted by Crippen LogP contribution is 2.37. The maximum absolute atomic E-state index is 13.0. The molecule has 6 nitrogen and oxygen atoms in total. The molecule has 0 aliphatic carbocycles. The molecule has 1 N–H and O–H groups in total. The molecule has 1 aliphatic heterocycles. The summed E-state index contributed by atoms with van der Waals surface area (Å²) >= 11 is 12.6. The van der Waals surface area contributed by atoms with Crippen LogP contribution in [-0.4, -0.2) is 37.2 Å². The molecule has 0 bridgehead atoms. The quantitative estimate of drug-likeness (QED) is 0.598. The van der Waals surface area contributed by atoms with Crippen molar-refractivity contribution >= 4 is 35.2 Å². The minimum absolute atomic E-state index is 0.00471. The molecule has 2 aromatic rings. The Morgan fingerprint density at radius 3 is 2.58 bits per heavy atom. The van der Waals surface area contributed by atoms with Crippen LogP contribution in [0.1, 0.15) is 29.7 Å². The lowest BCUT2D eigenvalue weighted by Gasteiger charge is -2.34. The topological polar surface area (TPSA) is 67.9 Å². The lowest BCUT2D eigenvalue weighted by Crippen LogP contribution is -2.48. The second-order valence-electron chi connectivity index (χ2n) is 7.20. The van der Waals surface area contributed by atoms with Crippen molar-refractivity contribution in [2.24, 2.45) is 0 Å². The molecule has 1 heterocycles. The Kier molecular flexibility index (Phi) is 7.13. The molecule has 8 heteroatoms. The number of rotatable bonds is 6. The van der Waals surface area contributed by atoms with Gasteiger partial charge in [-0.25, -0.2) is 9.59 Å².